The van der Waals surface area contributed by atoms with Gasteiger partial charge in [-0.3, -0.25) is 9.59 Å². The maximum absolute atomic E-state index is 11.8. The predicted molar refractivity (Wildman–Crippen MR) is 84.4 cm³/mol. The van der Waals surface area contributed by atoms with Crippen LogP contribution in [0.4, 0.5) is 0 Å². The second kappa shape index (κ2) is 8.45. The van der Waals surface area contributed by atoms with E-state index >= 15 is 0 Å². The summed E-state index contributed by atoms with van der Waals surface area (Å²) in [4.78, 5) is 23.0. The Balaban J connectivity index is 2.74. The SMILES string of the molecule is CCOC(=O)CC(=O)OC(C)(C#Cc1ccc(Cl)cc1)CC. The van der Waals surface area contributed by atoms with Crippen LogP contribution in [0.25, 0.3) is 0 Å². The van der Waals surface area contributed by atoms with Gasteiger partial charge in [0.05, 0.1) is 6.61 Å². The first-order chi connectivity index (χ1) is 10.4. The van der Waals surface area contributed by atoms with Crippen LogP contribution in [0.1, 0.15) is 39.2 Å². The minimum Gasteiger partial charge on any atom is -0.466 e. The largest absolute Gasteiger partial charge is 0.466 e. The van der Waals surface area contributed by atoms with Crippen molar-refractivity contribution >= 4 is 23.5 Å². The maximum atomic E-state index is 11.8. The highest BCUT2D eigenvalue weighted by Gasteiger charge is 2.25. The van der Waals surface area contributed by atoms with Crippen LogP contribution < -0.4 is 0 Å². The lowest BCUT2D eigenvalue weighted by Gasteiger charge is -2.22. The standard InChI is InChI=1S/C17H19ClO4/c1-4-17(3,22-16(20)12-15(19)21-5-2)11-10-13-6-8-14(18)9-7-13/h6-9H,4-5,12H2,1-3H3. The first kappa shape index (κ1) is 18.1. The smallest absolute Gasteiger partial charge is 0.318 e. The van der Waals surface area contributed by atoms with Gasteiger partial charge in [0.15, 0.2) is 5.60 Å². The summed E-state index contributed by atoms with van der Waals surface area (Å²) >= 11 is 5.81. The lowest BCUT2D eigenvalue weighted by molar-refractivity contribution is -0.160. The third-order valence-electron chi connectivity index (χ3n) is 2.92. The van der Waals surface area contributed by atoms with Gasteiger partial charge in [0, 0.05) is 10.6 Å². The lowest BCUT2D eigenvalue weighted by atomic mass is 10.0. The number of benzene rings is 1. The minimum atomic E-state index is -0.955. The lowest BCUT2D eigenvalue weighted by Crippen LogP contribution is -2.30. The topological polar surface area (TPSA) is 52.6 Å². The van der Waals surface area contributed by atoms with E-state index in [-0.39, 0.29) is 6.61 Å². The molecule has 0 saturated carbocycles. The molecule has 0 bridgehead atoms. The van der Waals surface area contributed by atoms with Crippen LogP contribution in [0.3, 0.4) is 0 Å². The zero-order valence-electron chi connectivity index (χ0n) is 12.9. The molecule has 1 unspecified atom stereocenters. The van der Waals surface area contributed by atoms with Crippen LogP contribution in [0.2, 0.25) is 5.02 Å². The molecule has 4 nitrogen and oxygen atoms in total. The van der Waals surface area contributed by atoms with Crippen molar-refractivity contribution in [3.63, 3.8) is 0 Å². The molecule has 5 heteroatoms. The average Bonchev–Trinajstić information content (AvgIpc) is 2.46. The fraction of sp³-hybridized carbons (Fsp3) is 0.412. The molecule has 0 radical (unpaired) electrons. The molecule has 0 aromatic heterocycles. The highest BCUT2D eigenvalue weighted by atomic mass is 35.5. The van der Waals surface area contributed by atoms with Crippen LogP contribution >= 0.6 is 11.6 Å². The van der Waals surface area contributed by atoms with Crippen molar-refractivity contribution < 1.29 is 19.1 Å². The Morgan fingerprint density at radius 1 is 1.18 bits per heavy atom. The van der Waals surface area contributed by atoms with Crippen molar-refractivity contribution in [1.82, 2.24) is 0 Å². The molecule has 0 heterocycles. The predicted octanol–water partition coefficient (Wildman–Crippen LogP) is 3.36. The van der Waals surface area contributed by atoms with Crippen molar-refractivity contribution in [3.8, 4) is 11.8 Å². The molecule has 0 spiro atoms. The molecule has 0 aliphatic rings. The van der Waals surface area contributed by atoms with Gasteiger partial charge in [0.1, 0.15) is 6.42 Å². The molecule has 1 rings (SSSR count). The minimum absolute atomic E-state index is 0.230. The van der Waals surface area contributed by atoms with Crippen LogP contribution in [-0.2, 0) is 19.1 Å². The molecule has 0 fully saturated rings. The molecule has 22 heavy (non-hydrogen) atoms. The molecular formula is C17H19ClO4. The van der Waals surface area contributed by atoms with Crippen LogP contribution in [0, 0.1) is 11.8 Å². The molecule has 0 N–H and O–H groups in total. The van der Waals surface area contributed by atoms with E-state index in [4.69, 9.17) is 21.1 Å². The molecule has 1 aromatic rings. The molecule has 0 amide bonds. The van der Waals surface area contributed by atoms with Gasteiger partial charge in [-0.2, -0.15) is 0 Å². The average molecular weight is 323 g/mol. The first-order valence-electron chi connectivity index (χ1n) is 7.04. The Hall–Kier alpha value is -1.99. The second-order valence-corrected chi connectivity index (χ2v) is 5.23. The van der Waals surface area contributed by atoms with Gasteiger partial charge in [-0.25, -0.2) is 0 Å². The van der Waals surface area contributed by atoms with E-state index < -0.39 is 24.0 Å². The van der Waals surface area contributed by atoms with Gasteiger partial charge in [-0.1, -0.05) is 30.4 Å². The Kier molecular flexibility index (Phi) is 6.94. The Morgan fingerprint density at radius 2 is 1.82 bits per heavy atom. The number of hydrogen-bond acceptors (Lipinski definition) is 4. The molecule has 1 aromatic carbocycles. The van der Waals surface area contributed by atoms with Gasteiger partial charge >= 0.3 is 11.9 Å². The molecule has 118 valence electrons. The summed E-state index contributed by atoms with van der Waals surface area (Å²) in [6.07, 6.45) is 0.0915. The third-order valence-corrected chi connectivity index (χ3v) is 3.18. The monoisotopic (exact) mass is 322 g/mol. The number of carbonyl (C=O) groups excluding carboxylic acids is 2. The summed E-state index contributed by atoms with van der Waals surface area (Å²) in [5, 5.41) is 0.629. The number of ether oxygens (including phenoxy) is 2. The highest BCUT2D eigenvalue weighted by molar-refractivity contribution is 6.30. The summed E-state index contributed by atoms with van der Waals surface area (Å²) in [5.41, 5.74) is -0.186. The number of halogens is 1. The van der Waals surface area contributed by atoms with Crippen LogP contribution in [-0.4, -0.2) is 24.1 Å². The quantitative estimate of drug-likeness (QED) is 0.474. The molecule has 1 atom stereocenters. The van der Waals surface area contributed by atoms with Crippen molar-refractivity contribution in [3.05, 3.63) is 34.9 Å². The van der Waals surface area contributed by atoms with E-state index in [9.17, 15) is 9.59 Å². The summed E-state index contributed by atoms with van der Waals surface area (Å²) < 4.78 is 10.0. The van der Waals surface area contributed by atoms with Crippen LogP contribution in [0.15, 0.2) is 24.3 Å². The van der Waals surface area contributed by atoms with Gasteiger partial charge in [-0.05, 0) is 44.5 Å². The molecule has 0 aliphatic carbocycles. The first-order valence-corrected chi connectivity index (χ1v) is 7.42. The van der Waals surface area contributed by atoms with E-state index in [0.717, 1.165) is 5.56 Å². The summed E-state index contributed by atoms with van der Waals surface area (Å²) in [7, 11) is 0. The Bertz CT molecular complexity index is 583. The number of rotatable bonds is 5. The molecule has 0 saturated heterocycles. The second-order valence-electron chi connectivity index (χ2n) is 4.80. The zero-order valence-corrected chi connectivity index (χ0v) is 13.7. The van der Waals surface area contributed by atoms with Crippen molar-refractivity contribution in [2.45, 2.75) is 39.2 Å². The summed E-state index contributed by atoms with van der Waals surface area (Å²) in [5.74, 6) is 4.63. The summed E-state index contributed by atoms with van der Waals surface area (Å²) in [6, 6.07) is 7.04. The molecular weight excluding hydrogens is 304 g/mol. The van der Waals surface area contributed by atoms with Crippen molar-refractivity contribution in [2.75, 3.05) is 6.61 Å². The summed E-state index contributed by atoms with van der Waals surface area (Å²) in [6.45, 7) is 5.47. The van der Waals surface area contributed by atoms with Crippen molar-refractivity contribution in [2.24, 2.45) is 0 Å². The maximum Gasteiger partial charge on any atom is 0.318 e. The highest BCUT2D eigenvalue weighted by Crippen LogP contribution is 2.16. The third kappa shape index (κ3) is 6.19. The number of esters is 2. The van der Waals surface area contributed by atoms with E-state index in [1.54, 1.807) is 38.1 Å². The van der Waals surface area contributed by atoms with E-state index in [1.165, 1.54) is 0 Å². The van der Waals surface area contributed by atoms with E-state index in [1.807, 2.05) is 6.92 Å². The normalized spacial score (nSPS) is 12.5. The van der Waals surface area contributed by atoms with Gasteiger partial charge < -0.3 is 9.47 Å². The van der Waals surface area contributed by atoms with E-state index in [2.05, 4.69) is 11.8 Å². The zero-order chi connectivity index (χ0) is 16.6. The van der Waals surface area contributed by atoms with Gasteiger partial charge in [0.2, 0.25) is 0 Å². The van der Waals surface area contributed by atoms with Gasteiger partial charge in [-0.15, -0.1) is 0 Å². The van der Waals surface area contributed by atoms with Gasteiger partial charge in [0.25, 0.3) is 0 Å². The van der Waals surface area contributed by atoms with Crippen LogP contribution in [0.5, 0.6) is 0 Å². The fourth-order valence-electron chi connectivity index (χ4n) is 1.54. The number of carbonyl (C=O) groups is 2. The fourth-order valence-corrected chi connectivity index (χ4v) is 1.67. The van der Waals surface area contributed by atoms with Crippen molar-refractivity contribution in [1.29, 1.82) is 0 Å². The Labute approximate surface area is 135 Å². The number of hydrogen-bond donors (Lipinski definition) is 0. The molecule has 0 aliphatic heterocycles. The Morgan fingerprint density at radius 3 is 2.36 bits per heavy atom. The van der Waals surface area contributed by atoms with E-state index in [0.29, 0.717) is 11.4 Å².